The molecule has 3 N–H and O–H groups in total. The van der Waals surface area contributed by atoms with E-state index in [-0.39, 0.29) is 17.4 Å². The Morgan fingerprint density at radius 2 is 1.95 bits per heavy atom. The van der Waals surface area contributed by atoms with Crippen molar-refractivity contribution in [1.29, 1.82) is 0 Å². The van der Waals surface area contributed by atoms with Crippen LogP contribution in [-0.4, -0.2) is 43.0 Å². The fourth-order valence-corrected chi connectivity index (χ4v) is 3.77. The first-order valence-corrected chi connectivity index (χ1v) is 8.72. The zero-order chi connectivity index (χ0) is 15.3. The maximum Gasteiger partial charge on any atom is 0.234 e. The van der Waals surface area contributed by atoms with Crippen LogP contribution >= 0.6 is 0 Å². The molecule has 1 unspecified atom stereocenters. The molecule has 0 bridgehead atoms. The summed E-state index contributed by atoms with van der Waals surface area (Å²) in [6.45, 7) is 7.64. The molecule has 0 aromatic carbocycles. The minimum atomic E-state index is 0.112. The largest absolute Gasteiger partial charge is 0.355 e. The van der Waals surface area contributed by atoms with Crippen molar-refractivity contribution < 1.29 is 4.79 Å². The lowest BCUT2D eigenvalue weighted by Gasteiger charge is -2.42. The molecule has 0 aromatic heterocycles. The molecule has 2 aliphatic rings. The molecule has 1 saturated carbocycles. The molecular weight excluding hydrogens is 262 g/mol. The maximum absolute atomic E-state index is 12.1. The molecule has 4 nitrogen and oxygen atoms in total. The lowest BCUT2D eigenvalue weighted by Crippen LogP contribution is -2.54. The molecule has 1 amide bonds. The van der Waals surface area contributed by atoms with Gasteiger partial charge >= 0.3 is 0 Å². The van der Waals surface area contributed by atoms with Gasteiger partial charge in [-0.3, -0.25) is 9.69 Å². The Morgan fingerprint density at radius 3 is 2.62 bits per heavy atom. The van der Waals surface area contributed by atoms with Gasteiger partial charge in [0, 0.05) is 25.7 Å². The van der Waals surface area contributed by atoms with Crippen molar-refractivity contribution >= 4 is 5.91 Å². The van der Waals surface area contributed by atoms with E-state index in [0.29, 0.717) is 6.54 Å². The SMILES string of the molecule is CC1(C)CN(CC(=O)NCCC2CCCCC2)CCC1N. The quantitative estimate of drug-likeness (QED) is 0.817. The number of nitrogens with one attached hydrogen (secondary N) is 1. The first kappa shape index (κ1) is 16.8. The van der Waals surface area contributed by atoms with Gasteiger partial charge in [-0.15, -0.1) is 0 Å². The van der Waals surface area contributed by atoms with Gasteiger partial charge in [-0.25, -0.2) is 0 Å². The van der Waals surface area contributed by atoms with Crippen LogP contribution in [0, 0.1) is 11.3 Å². The number of hydrogen-bond donors (Lipinski definition) is 2. The molecule has 1 atom stereocenters. The second-order valence-electron chi connectivity index (χ2n) is 7.74. The van der Waals surface area contributed by atoms with Crippen LogP contribution in [0.15, 0.2) is 0 Å². The van der Waals surface area contributed by atoms with Crippen molar-refractivity contribution in [2.24, 2.45) is 17.1 Å². The summed E-state index contributed by atoms with van der Waals surface area (Å²) in [5.74, 6) is 1.02. The molecule has 1 saturated heterocycles. The summed E-state index contributed by atoms with van der Waals surface area (Å²) in [5, 5.41) is 3.10. The van der Waals surface area contributed by atoms with Gasteiger partial charge in [-0.05, 0) is 24.2 Å². The number of carbonyl (C=O) groups excluding carboxylic acids is 1. The van der Waals surface area contributed by atoms with E-state index in [4.69, 9.17) is 5.73 Å². The Hall–Kier alpha value is -0.610. The van der Waals surface area contributed by atoms with E-state index in [1.165, 1.54) is 32.1 Å². The third kappa shape index (κ3) is 5.26. The summed E-state index contributed by atoms with van der Waals surface area (Å²) in [6.07, 6.45) is 9.01. The lowest BCUT2D eigenvalue weighted by molar-refractivity contribution is -0.123. The number of nitrogens with zero attached hydrogens (tertiary/aromatic N) is 1. The number of carbonyl (C=O) groups is 1. The van der Waals surface area contributed by atoms with Gasteiger partial charge in [-0.1, -0.05) is 46.0 Å². The maximum atomic E-state index is 12.1. The second kappa shape index (κ2) is 7.59. The average molecular weight is 295 g/mol. The Balaban J connectivity index is 1.63. The van der Waals surface area contributed by atoms with Crippen molar-refractivity contribution in [2.75, 3.05) is 26.2 Å². The van der Waals surface area contributed by atoms with E-state index < -0.39 is 0 Å². The number of amides is 1. The van der Waals surface area contributed by atoms with Crippen molar-refractivity contribution in [2.45, 2.75) is 64.8 Å². The highest BCUT2D eigenvalue weighted by atomic mass is 16.2. The number of likely N-dealkylation sites (tertiary alicyclic amines) is 1. The summed E-state index contributed by atoms with van der Waals surface area (Å²) in [7, 11) is 0. The van der Waals surface area contributed by atoms with Crippen molar-refractivity contribution in [3.8, 4) is 0 Å². The van der Waals surface area contributed by atoms with Crippen molar-refractivity contribution in [1.82, 2.24) is 10.2 Å². The van der Waals surface area contributed by atoms with Crippen LogP contribution < -0.4 is 11.1 Å². The first-order valence-electron chi connectivity index (χ1n) is 8.72. The number of nitrogens with two attached hydrogens (primary N) is 1. The van der Waals surface area contributed by atoms with Crippen LogP contribution in [0.1, 0.15) is 58.8 Å². The van der Waals surface area contributed by atoms with Crippen LogP contribution in [0.2, 0.25) is 0 Å². The number of piperidine rings is 1. The van der Waals surface area contributed by atoms with Crippen LogP contribution in [0.5, 0.6) is 0 Å². The van der Waals surface area contributed by atoms with Gasteiger partial charge < -0.3 is 11.1 Å². The van der Waals surface area contributed by atoms with Crippen LogP contribution in [-0.2, 0) is 4.79 Å². The van der Waals surface area contributed by atoms with E-state index in [0.717, 1.165) is 38.4 Å². The zero-order valence-electron chi connectivity index (χ0n) is 13.9. The fourth-order valence-electron chi connectivity index (χ4n) is 3.77. The molecule has 0 radical (unpaired) electrons. The molecule has 4 heteroatoms. The molecule has 0 aromatic rings. The topological polar surface area (TPSA) is 58.4 Å². The van der Waals surface area contributed by atoms with E-state index in [2.05, 4.69) is 24.1 Å². The van der Waals surface area contributed by atoms with E-state index in [1.54, 1.807) is 0 Å². The highest BCUT2D eigenvalue weighted by Crippen LogP contribution is 2.27. The Bertz CT molecular complexity index is 337. The smallest absolute Gasteiger partial charge is 0.234 e. The van der Waals surface area contributed by atoms with E-state index >= 15 is 0 Å². The van der Waals surface area contributed by atoms with Crippen LogP contribution in [0.3, 0.4) is 0 Å². The number of rotatable bonds is 5. The molecule has 2 rings (SSSR count). The Kier molecular flexibility index (Phi) is 6.06. The van der Waals surface area contributed by atoms with Crippen molar-refractivity contribution in [3.05, 3.63) is 0 Å². The van der Waals surface area contributed by atoms with E-state index in [1.807, 2.05) is 0 Å². The van der Waals surface area contributed by atoms with Crippen LogP contribution in [0.25, 0.3) is 0 Å². The predicted molar refractivity (Wildman–Crippen MR) is 87.0 cm³/mol. The van der Waals surface area contributed by atoms with Crippen molar-refractivity contribution in [3.63, 3.8) is 0 Å². The monoisotopic (exact) mass is 295 g/mol. The molecule has 122 valence electrons. The molecule has 21 heavy (non-hydrogen) atoms. The van der Waals surface area contributed by atoms with E-state index in [9.17, 15) is 4.79 Å². The Labute approximate surface area is 129 Å². The highest BCUT2D eigenvalue weighted by Gasteiger charge is 2.33. The third-order valence-corrected chi connectivity index (χ3v) is 5.36. The van der Waals surface area contributed by atoms with Gasteiger partial charge in [-0.2, -0.15) is 0 Å². The summed E-state index contributed by atoms with van der Waals surface area (Å²) in [6, 6.07) is 0.253. The van der Waals surface area contributed by atoms with Gasteiger partial charge in [0.05, 0.1) is 6.54 Å². The minimum absolute atomic E-state index is 0.112. The van der Waals surface area contributed by atoms with Gasteiger partial charge in [0.2, 0.25) is 5.91 Å². The summed E-state index contributed by atoms with van der Waals surface area (Å²) in [5.41, 5.74) is 6.25. The Morgan fingerprint density at radius 1 is 1.24 bits per heavy atom. The summed E-state index contributed by atoms with van der Waals surface area (Å²) >= 11 is 0. The standard InChI is InChI=1S/C17H33N3O/c1-17(2)13-20(11-9-15(17)18)12-16(21)19-10-8-14-6-4-3-5-7-14/h14-15H,3-13,18H2,1-2H3,(H,19,21). The number of hydrogen-bond acceptors (Lipinski definition) is 3. The molecule has 2 fully saturated rings. The molecule has 1 aliphatic heterocycles. The van der Waals surface area contributed by atoms with Crippen LogP contribution in [0.4, 0.5) is 0 Å². The minimum Gasteiger partial charge on any atom is -0.355 e. The molecule has 1 aliphatic carbocycles. The first-order chi connectivity index (χ1) is 9.97. The lowest BCUT2D eigenvalue weighted by atomic mass is 9.80. The normalized spacial score (nSPS) is 27.5. The average Bonchev–Trinajstić information content (AvgIpc) is 2.44. The summed E-state index contributed by atoms with van der Waals surface area (Å²) in [4.78, 5) is 14.3. The highest BCUT2D eigenvalue weighted by molar-refractivity contribution is 5.78. The predicted octanol–water partition coefficient (Wildman–Crippen LogP) is 2.13. The second-order valence-corrected chi connectivity index (χ2v) is 7.74. The fraction of sp³-hybridized carbons (Fsp3) is 0.941. The van der Waals surface area contributed by atoms with Gasteiger partial charge in [0.1, 0.15) is 0 Å². The molecule has 0 spiro atoms. The zero-order valence-corrected chi connectivity index (χ0v) is 13.9. The van der Waals surface area contributed by atoms with Gasteiger partial charge in [0.15, 0.2) is 0 Å². The summed E-state index contributed by atoms with van der Waals surface area (Å²) < 4.78 is 0. The molecule has 1 heterocycles. The third-order valence-electron chi connectivity index (χ3n) is 5.36. The molecular formula is C17H33N3O. The van der Waals surface area contributed by atoms with Gasteiger partial charge in [0.25, 0.3) is 0 Å².